The molecule has 7 nitrogen and oxygen atoms in total. The summed E-state index contributed by atoms with van der Waals surface area (Å²) in [7, 11) is -0.642. The van der Waals surface area contributed by atoms with Crippen molar-refractivity contribution >= 4 is 21.7 Å². The van der Waals surface area contributed by atoms with Gasteiger partial charge in [-0.15, -0.1) is 9.78 Å². The normalized spacial score (nSPS) is 10.9. The molecule has 0 atom stereocenters. The summed E-state index contributed by atoms with van der Waals surface area (Å²) in [6.45, 7) is 4.26. The highest BCUT2D eigenvalue weighted by Gasteiger charge is 2.15. The van der Waals surface area contributed by atoms with Crippen LogP contribution in [0.2, 0.25) is 6.55 Å². The summed E-state index contributed by atoms with van der Waals surface area (Å²) in [5.74, 6) is -1.28. The van der Waals surface area contributed by atoms with E-state index in [4.69, 9.17) is 4.43 Å². The number of carbonyl (C=O) groups excluding carboxylic acids is 2. The van der Waals surface area contributed by atoms with Crippen molar-refractivity contribution in [2.24, 2.45) is 0 Å². The van der Waals surface area contributed by atoms with Crippen molar-refractivity contribution in [1.82, 2.24) is 0 Å². The summed E-state index contributed by atoms with van der Waals surface area (Å²) in [6.07, 6.45) is -1.06. The van der Waals surface area contributed by atoms with Crippen LogP contribution in [-0.4, -0.2) is 34.6 Å². The molecular formula is C7H14O7Si. The van der Waals surface area contributed by atoms with Crippen molar-refractivity contribution in [2.75, 3.05) is 6.61 Å². The Morgan fingerprint density at radius 3 is 1.93 bits per heavy atom. The smallest absolute Gasteiger partial charge is 0.339 e. The fourth-order valence-electron chi connectivity index (χ4n) is 0.529. The van der Waals surface area contributed by atoms with Crippen molar-refractivity contribution in [1.29, 1.82) is 0 Å². The summed E-state index contributed by atoms with van der Waals surface area (Å²) in [5.41, 5.74) is 0. The maximum absolute atomic E-state index is 10.4. The van der Waals surface area contributed by atoms with Gasteiger partial charge in [-0.05, 0) is 0 Å². The highest BCUT2D eigenvalue weighted by molar-refractivity contribution is 6.24. The van der Waals surface area contributed by atoms with Gasteiger partial charge in [0.15, 0.2) is 9.76 Å². The summed E-state index contributed by atoms with van der Waals surface area (Å²) in [6, 6.07) is 0. The molecule has 0 aliphatic rings. The molecule has 0 aromatic rings. The van der Waals surface area contributed by atoms with E-state index < -0.39 is 28.0 Å². The maximum atomic E-state index is 10.4. The summed E-state index contributed by atoms with van der Waals surface area (Å²) in [5, 5.41) is 0. The second kappa shape index (κ2) is 8.35. The largest absolute Gasteiger partial charge is 0.419 e. The van der Waals surface area contributed by atoms with Crippen LogP contribution in [0, 0.1) is 0 Å². The van der Waals surface area contributed by atoms with Crippen molar-refractivity contribution in [3.63, 3.8) is 0 Å². The third kappa shape index (κ3) is 9.34. The molecule has 0 fully saturated rings. The first kappa shape index (κ1) is 14.0. The Morgan fingerprint density at radius 1 is 1.13 bits per heavy atom. The van der Waals surface area contributed by atoms with Crippen molar-refractivity contribution < 1.29 is 33.6 Å². The molecule has 0 radical (unpaired) electrons. The molecule has 0 saturated heterocycles. The van der Waals surface area contributed by atoms with Gasteiger partial charge in [0.05, 0.1) is 6.61 Å². The highest BCUT2D eigenvalue weighted by Crippen LogP contribution is 1.99. The topological polar surface area (TPSA) is 80.3 Å². The average Bonchev–Trinajstić information content (AvgIpc) is 2.16. The first-order valence-corrected chi connectivity index (χ1v) is 6.31. The molecule has 0 heterocycles. The van der Waals surface area contributed by atoms with Crippen LogP contribution in [0.25, 0.3) is 0 Å². The lowest BCUT2D eigenvalue weighted by atomic mass is 10.7. The van der Waals surface area contributed by atoms with Gasteiger partial charge in [0.1, 0.15) is 0 Å². The zero-order chi connectivity index (χ0) is 11.7. The van der Waals surface area contributed by atoms with E-state index in [1.165, 1.54) is 0 Å². The zero-order valence-electron chi connectivity index (χ0n) is 8.85. The van der Waals surface area contributed by atoms with Crippen LogP contribution in [0.5, 0.6) is 0 Å². The summed E-state index contributed by atoms with van der Waals surface area (Å²) in [4.78, 5) is 38.3. The quantitative estimate of drug-likeness (QED) is 0.255. The molecule has 0 unspecified atom stereocenters. The Balaban J connectivity index is 3.82. The predicted octanol–water partition coefficient (Wildman–Crippen LogP) is -0.550. The minimum absolute atomic E-state index is 0.0310. The molecule has 0 rings (SSSR count). The lowest BCUT2D eigenvalue weighted by Gasteiger charge is -2.13. The van der Waals surface area contributed by atoms with Crippen LogP contribution in [0.3, 0.4) is 0 Å². The molecule has 0 amide bonds. The van der Waals surface area contributed by atoms with Crippen LogP contribution in [0.1, 0.15) is 13.8 Å². The van der Waals surface area contributed by atoms with Gasteiger partial charge in [0.25, 0.3) is 6.29 Å². The Labute approximate surface area is 89.4 Å². The summed E-state index contributed by atoms with van der Waals surface area (Å²) >= 11 is 0. The molecule has 0 saturated carbocycles. The molecule has 15 heavy (non-hydrogen) atoms. The number of hydrogen-bond acceptors (Lipinski definition) is 7. The van der Waals surface area contributed by atoms with Crippen molar-refractivity contribution in [3.8, 4) is 0 Å². The Kier molecular flexibility index (Phi) is 7.82. The van der Waals surface area contributed by atoms with E-state index in [9.17, 15) is 9.59 Å². The molecule has 0 N–H and O–H groups in total. The van der Waals surface area contributed by atoms with E-state index >= 15 is 0 Å². The van der Waals surface area contributed by atoms with Gasteiger partial charge in [-0.25, -0.2) is 9.59 Å². The molecule has 0 aromatic heterocycles. The second-order valence-corrected chi connectivity index (χ2v) is 3.42. The number of carbonyl (C=O) groups is 2. The summed E-state index contributed by atoms with van der Waals surface area (Å²) < 4.78 is 5.07. The third-order valence-electron chi connectivity index (χ3n) is 1.00. The van der Waals surface area contributed by atoms with E-state index in [-0.39, 0.29) is 6.61 Å². The van der Waals surface area contributed by atoms with Gasteiger partial charge in [-0.1, -0.05) is 6.55 Å². The SMILES string of the molecule is C[SiH2]OCC(OOC(C)=O)OOC(C)=O. The molecule has 88 valence electrons. The number of rotatable bonds is 7. The van der Waals surface area contributed by atoms with Crippen LogP contribution in [-0.2, 0) is 33.6 Å². The lowest BCUT2D eigenvalue weighted by Crippen LogP contribution is -2.26. The molecular weight excluding hydrogens is 224 g/mol. The van der Waals surface area contributed by atoms with Crippen LogP contribution in [0.4, 0.5) is 0 Å². The molecule has 0 aliphatic carbocycles. The fraction of sp³-hybridized carbons (Fsp3) is 0.714. The monoisotopic (exact) mass is 238 g/mol. The van der Waals surface area contributed by atoms with Gasteiger partial charge in [-0.3, -0.25) is 9.78 Å². The van der Waals surface area contributed by atoms with Crippen molar-refractivity contribution in [2.45, 2.75) is 26.7 Å². The van der Waals surface area contributed by atoms with Crippen LogP contribution in [0.15, 0.2) is 0 Å². The van der Waals surface area contributed by atoms with Gasteiger partial charge < -0.3 is 4.43 Å². The van der Waals surface area contributed by atoms with Crippen molar-refractivity contribution in [3.05, 3.63) is 0 Å². The molecule has 8 heteroatoms. The van der Waals surface area contributed by atoms with E-state index in [1.807, 2.05) is 6.55 Å². The first-order valence-electron chi connectivity index (χ1n) is 4.31. The zero-order valence-corrected chi connectivity index (χ0v) is 10.3. The molecule has 0 aliphatic heterocycles. The minimum Gasteiger partial charge on any atom is -0.419 e. The average molecular weight is 238 g/mol. The van der Waals surface area contributed by atoms with E-state index in [0.29, 0.717) is 0 Å². The van der Waals surface area contributed by atoms with Crippen LogP contribution >= 0.6 is 0 Å². The van der Waals surface area contributed by atoms with Crippen LogP contribution < -0.4 is 0 Å². The minimum atomic E-state index is -1.06. The molecule has 0 bridgehead atoms. The lowest BCUT2D eigenvalue weighted by molar-refractivity contribution is -0.432. The van der Waals surface area contributed by atoms with Gasteiger partial charge >= 0.3 is 11.9 Å². The van der Waals surface area contributed by atoms with Gasteiger partial charge in [0, 0.05) is 13.8 Å². The van der Waals surface area contributed by atoms with E-state index in [2.05, 4.69) is 19.6 Å². The fourth-order valence-corrected chi connectivity index (χ4v) is 0.957. The van der Waals surface area contributed by atoms with Gasteiger partial charge in [0.2, 0.25) is 0 Å². The highest BCUT2D eigenvalue weighted by atomic mass is 28.2. The molecule has 0 spiro atoms. The van der Waals surface area contributed by atoms with Gasteiger partial charge in [-0.2, -0.15) is 0 Å². The Morgan fingerprint density at radius 2 is 1.60 bits per heavy atom. The number of hydrogen-bond donors (Lipinski definition) is 0. The standard InChI is InChI=1S/C7H14O7Si/c1-5(8)11-13-7(4-10-15-3)14-12-6(2)9/h7H,4,15H2,1-3H3. The predicted molar refractivity (Wildman–Crippen MR) is 49.9 cm³/mol. The third-order valence-corrected chi connectivity index (χ3v) is 1.65. The molecule has 0 aromatic carbocycles. The Hall–Kier alpha value is -0.963. The first-order chi connectivity index (χ1) is 7.06. The second-order valence-electron chi connectivity index (χ2n) is 2.43. The van der Waals surface area contributed by atoms with E-state index in [1.54, 1.807) is 0 Å². The van der Waals surface area contributed by atoms with E-state index in [0.717, 1.165) is 13.8 Å². The maximum Gasteiger partial charge on any atom is 0.339 e. The Bertz CT molecular complexity index is 190.